The van der Waals surface area contributed by atoms with Crippen LogP contribution in [0.2, 0.25) is 0 Å². The molecule has 12 heteroatoms. The van der Waals surface area contributed by atoms with Crippen molar-refractivity contribution < 1.29 is 47.8 Å². The molecular weight excluding hydrogens is 685 g/mol. The molecule has 0 saturated carbocycles. The topological polar surface area (TPSA) is 169 Å². The average Bonchev–Trinajstić information content (AvgIpc) is 3.11. The molecule has 0 aromatic carbocycles. The molecule has 0 aromatic heterocycles. The Morgan fingerprint density at radius 3 is 1.69 bits per heavy atom. The van der Waals surface area contributed by atoms with E-state index >= 15 is 0 Å². The molecule has 300 valence electrons. The monoisotopic (exact) mass is 755 g/mol. The molecule has 0 saturated heterocycles. The average molecular weight is 756 g/mol. The van der Waals surface area contributed by atoms with E-state index in [1.807, 2.05) is 0 Å². The van der Waals surface area contributed by atoms with Gasteiger partial charge in [0.2, 0.25) is 5.91 Å². The van der Waals surface area contributed by atoms with E-state index < -0.39 is 57.6 Å². The Balaban J connectivity index is 3.95. The Labute approximate surface area is 314 Å². The van der Waals surface area contributed by atoms with Gasteiger partial charge in [0.25, 0.3) is 0 Å². The van der Waals surface area contributed by atoms with Crippen molar-refractivity contribution in [2.24, 2.45) is 0 Å². The van der Waals surface area contributed by atoms with Gasteiger partial charge in [0.15, 0.2) is 6.04 Å². The van der Waals surface area contributed by atoms with Crippen LogP contribution in [-0.4, -0.2) is 64.9 Å². The number of rotatable bonds is 36. The maximum atomic E-state index is 12.2. The van der Waals surface area contributed by atoms with Crippen LogP contribution in [0.4, 0.5) is 0 Å². The number of hydrogen-bond acceptors (Lipinski definition) is 8. The van der Waals surface area contributed by atoms with Gasteiger partial charge >= 0.3 is 19.8 Å². The third kappa shape index (κ3) is 34.5. The molecular formula is C40H70NO10P. The number of aliphatic carboxylic acids is 1. The number of carboxylic acids is 1. The molecule has 3 unspecified atom stereocenters. The number of carbonyl (C=O) groups excluding carboxylic acids is 2. The molecule has 52 heavy (non-hydrogen) atoms. The molecule has 0 heterocycles. The highest BCUT2D eigenvalue weighted by atomic mass is 31.2. The summed E-state index contributed by atoms with van der Waals surface area (Å²) in [6.45, 7) is 2.39. The number of aliphatic hydroxyl groups is 1. The first kappa shape index (κ1) is 49.4. The summed E-state index contributed by atoms with van der Waals surface area (Å²) in [4.78, 5) is 45.7. The lowest BCUT2D eigenvalue weighted by molar-refractivity contribution is -0.147. The number of aliphatic hydroxyl groups excluding tert-OH is 1. The lowest BCUT2D eigenvalue weighted by Crippen LogP contribution is -2.43. The number of unbranched alkanes of at least 4 members (excludes halogenated alkanes) is 14. The van der Waals surface area contributed by atoms with Crippen LogP contribution < -0.4 is 5.32 Å². The highest BCUT2D eigenvalue weighted by Gasteiger charge is 2.28. The lowest BCUT2D eigenvalue weighted by atomic mass is 10.1. The zero-order valence-corrected chi connectivity index (χ0v) is 33.0. The molecule has 1 amide bonds. The molecule has 0 rings (SSSR count). The van der Waals surface area contributed by atoms with E-state index in [1.165, 1.54) is 25.7 Å². The zero-order valence-electron chi connectivity index (χ0n) is 32.1. The molecule has 0 spiro atoms. The third-order valence-electron chi connectivity index (χ3n) is 8.10. The molecule has 0 fully saturated rings. The summed E-state index contributed by atoms with van der Waals surface area (Å²) in [6.07, 6.45) is 37.2. The van der Waals surface area contributed by atoms with Crippen molar-refractivity contribution >= 4 is 25.7 Å². The van der Waals surface area contributed by atoms with E-state index in [0.29, 0.717) is 12.8 Å². The van der Waals surface area contributed by atoms with Crippen LogP contribution in [0.25, 0.3) is 0 Å². The number of phosphoric ester groups is 1. The fourth-order valence-electron chi connectivity index (χ4n) is 5.01. The maximum absolute atomic E-state index is 12.2. The summed E-state index contributed by atoms with van der Waals surface area (Å²) in [5.41, 5.74) is 0. The van der Waals surface area contributed by atoms with Crippen LogP contribution in [0.3, 0.4) is 0 Å². The van der Waals surface area contributed by atoms with Crippen LogP contribution >= 0.6 is 7.82 Å². The van der Waals surface area contributed by atoms with Crippen LogP contribution in [0.15, 0.2) is 48.6 Å². The number of phosphoric acid groups is 1. The Kier molecular flexibility index (Phi) is 33.7. The Morgan fingerprint density at radius 1 is 0.635 bits per heavy atom. The SMILES string of the molecule is CC/C=C\C/C=C\C/C=C\CCCCCCCCCC(=O)OCC(O)COP(=O)(O)OCC(NC(=O)CCCCCCC/C=C\CCCC)C(=O)O. The summed E-state index contributed by atoms with van der Waals surface area (Å²) in [5, 5.41) is 21.7. The van der Waals surface area contributed by atoms with Gasteiger partial charge in [-0.1, -0.05) is 127 Å². The van der Waals surface area contributed by atoms with Crippen LogP contribution in [-0.2, 0) is 32.7 Å². The van der Waals surface area contributed by atoms with Crippen molar-refractivity contribution in [1.82, 2.24) is 5.32 Å². The smallest absolute Gasteiger partial charge is 0.472 e. The molecule has 0 aliphatic rings. The summed E-state index contributed by atoms with van der Waals surface area (Å²) < 4.78 is 26.7. The third-order valence-corrected chi connectivity index (χ3v) is 9.05. The molecule has 0 radical (unpaired) electrons. The van der Waals surface area contributed by atoms with Gasteiger partial charge in [-0.05, 0) is 64.2 Å². The van der Waals surface area contributed by atoms with Gasteiger partial charge in [-0.25, -0.2) is 9.36 Å². The van der Waals surface area contributed by atoms with Gasteiger partial charge in [-0.15, -0.1) is 0 Å². The number of amides is 1. The minimum Gasteiger partial charge on any atom is -0.480 e. The number of ether oxygens (including phenoxy) is 1. The summed E-state index contributed by atoms with van der Waals surface area (Å²) in [5.74, 6) is -2.40. The van der Waals surface area contributed by atoms with Crippen molar-refractivity contribution in [3.8, 4) is 0 Å². The van der Waals surface area contributed by atoms with Gasteiger partial charge in [0, 0.05) is 12.8 Å². The minimum absolute atomic E-state index is 0.133. The molecule has 0 bridgehead atoms. The van der Waals surface area contributed by atoms with Crippen molar-refractivity contribution in [3.05, 3.63) is 48.6 Å². The quantitative estimate of drug-likeness (QED) is 0.0209. The fraction of sp³-hybridized carbons (Fsp3) is 0.725. The van der Waals surface area contributed by atoms with Gasteiger partial charge in [-0.3, -0.25) is 18.6 Å². The Hall–Kier alpha value is -2.56. The normalized spacial score (nSPS) is 14.4. The predicted octanol–water partition coefficient (Wildman–Crippen LogP) is 9.44. The number of esters is 1. The van der Waals surface area contributed by atoms with Gasteiger partial charge in [0.1, 0.15) is 12.7 Å². The number of carboxylic acid groups (broad SMARTS) is 1. The summed E-state index contributed by atoms with van der Waals surface area (Å²) >= 11 is 0. The lowest BCUT2D eigenvalue weighted by Gasteiger charge is -2.18. The zero-order chi connectivity index (χ0) is 38.5. The van der Waals surface area contributed by atoms with E-state index in [0.717, 1.165) is 89.9 Å². The number of carbonyl (C=O) groups is 3. The second-order valence-corrected chi connectivity index (χ2v) is 14.5. The molecule has 0 aliphatic heterocycles. The van der Waals surface area contributed by atoms with E-state index in [9.17, 15) is 34.1 Å². The standard InChI is InChI=1S/C40H70NO10P/c1-3-5-7-9-11-13-15-16-17-18-19-20-22-24-26-28-30-32-39(44)49-33-36(42)34-50-52(47,48)51-35-37(40(45)46)41-38(43)31-29-27-25-23-21-14-12-10-8-6-4-2/h5,7,10-13,16-17,36-37,42H,3-4,6,8-9,14-15,18-35H2,1-2H3,(H,41,43)(H,45,46)(H,47,48)/b7-5-,12-10-,13-11-,17-16-. The molecule has 0 aromatic rings. The number of hydrogen-bond donors (Lipinski definition) is 4. The second kappa shape index (κ2) is 35.5. The summed E-state index contributed by atoms with van der Waals surface area (Å²) in [7, 11) is -4.75. The van der Waals surface area contributed by atoms with Crippen LogP contribution in [0.1, 0.15) is 155 Å². The van der Waals surface area contributed by atoms with Crippen LogP contribution in [0, 0.1) is 0 Å². The largest absolute Gasteiger partial charge is 0.480 e. The van der Waals surface area contributed by atoms with Crippen molar-refractivity contribution in [2.45, 2.75) is 167 Å². The highest BCUT2D eigenvalue weighted by Crippen LogP contribution is 2.43. The van der Waals surface area contributed by atoms with Crippen molar-refractivity contribution in [1.29, 1.82) is 0 Å². The number of nitrogens with one attached hydrogen (secondary N) is 1. The van der Waals surface area contributed by atoms with Crippen molar-refractivity contribution in [2.75, 3.05) is 19.8 Å². The second-order valence-electron chi connectivity index (χ2n) is 13.1. The molecule has 3 atom stereocenters. The first-order valence-corrected chi connectivity index (χ1v) is 21.2. The Morgan fingerprint density at radius 2 is 1.12 bits per heavy atom. The van der Waals surface area contributed by atoms with E-state index in [2.05, 4.69) is 67.8 Å². The fourth-order valence-corrected chi connectivity index (χ4v) is 5.79. The Bertz CT molecular complexity index is 1070. The first-order chi connectivity index (χ1) is 25.1. The van der Waals surface area contributed by atoms with Crippen molar-refractivity contribution in [3.63, 3.8) is 0 Å². The minimum atomic E-state index is -4.75. The maximum Gasteiger partial charge on any atom is 0.472 e. The molecule has 0 aliphatic carbocycles. The van der Waals surface area contributed by atoms with Gasteiger partial charge in [-0.2, -0.15) is 0 Å². The first-order valence-electron chi connectivity index (χ1n) is 19.7. The highest BCUT2D eigenvalue weighted by molar-refractivity contribution is 7.47. The molecule has 4 N–H and O–H groups in total. The van der Waals surface area contributed by atoms with E-state index in [-0.39, 0.29) is 12.8 Å². The van der Waals surface area contributed by atoms with E-state index in [4.69, 9.17) is 13.8 Å². The van der Waals surface area contributed by atoms with Gasteiger partial charge in [0.05, 0.1) is 13.2 Å². The van der Waals surface area contributed by atoms with E-state index in [1.54, 1.807) is 0 Å². The van der Waals surface area contributed by atoms with Gasteiger partial charge < -0.3 is 25.2 Å². The summed E-state index contributed by atoms with van der Waals surface area (Å²) in [6, 6.07) is -1.55. The molecule has 11 nitrogen and oxygen atoms in total. The predicted molar refractivity (Wildman–Crippen MR) is 208 cm³/mol. The van der Waals surface area contributed by atoms with Crippen LogP contribution in [0.5, 0.6) is 0 Å². The number of allylic oxidation sites excluding steroid dienone is 8.